The molecule has 0 saturated heterocycles. The minimum atomic E-state index is -0.106. The summed E-state index contributed by atoms with van der Waals surface area (Å²) >= 11 is -0.106. The van der Waals surface area contributed by atoms with Crippen molar-refractivity contribution in [2.45, 2.75) is 0 Å². The summed E-state index contributed by atoms with van der Waals surface area (Å²) in [6, 6.07) is 0. The first-order valence-electron chi connectivity index (χ1n) is 1.91. The fraction of sp³-hybridized carbons (Fsp3) is 0. The van der Waals surface area contributed by atoms with Crippen molar-refractivity contribution in [1.82, 2.24) is 0 Å². The zero-order chi connectivity index (χ0) is 6.24. The van der Waals surface area contributed by atoms with Crippen LogP contribution in [0, 0.1) is 6.42 Å². The van der Waals surface area contributed by atoms with Gasteiger partial charge >= 0.3 is 35.0 Å². The Morgan fingerprint density at radius 2 is 1.22 bits per heavy atom. The van der Waals surface area contributed by atoms with Crippen LogP contribution in [0.2, 0.25) is 0 Å². The fourth-order valence-corrected chi connectivity index (χ4v) is 0.321. The third-order valence-electron chi connectivity index (χ3n) is 0.556. The molecule has 0 aromatic carbocycles. The maximum atomic E-state index is 4.81. The first-order chi connectivity index (χ1) is 3.91. The van der Waals surface area contributed by atoms with Crippen LogP contribution in [0.5, 0.6) is 0 Å². The van der Waals surface area contributed by atoms with Gasteiger partial charge in [-0.3, -0.25) is 0 Å². The molecular weight excluding hydrogens is 293 g/mol. The molecule has 1 radical (unpaired) electrons. The second kappa shape index (κ2) is 12.0. The van der Waals surface area contributed by atoms with Gasteiger partial charge in [-0.1, -0.05) is 24.3 Å². The number of allylic oxidation sites excluding steroid dienone is 4. The van der Waals surface area contributed by atoms with Crippen molar-refractivity contribution in [2.75, 3.05) is 0 Å². The summed E-state index contributed by atoms with van der Waals surface area (Å²) in [4.78, 5) is 0. The van der Waals surface area contributed by atoms with E-state index in [0.717, 1.165) is 0 Å². The van der Waals surface area contributed by atoms with E-state index in [2.05, 4.69) is 0 Å². The van der Waals surface area contributed by atoms with Crippen molar-refractivity contribution >= 4 is 19.1 Å². The van der Waals surface area contributed by atoms with E-state index < -0.39 is 0 Å². The Labute approximate surface area is 82.3 Å². The molecule has 0 nitrogen and oxygen atoms in total. The average Bonchev–Trinajstić information content (AvgIpc) is 2.17. The van der Waals surface area contributed by atoms with Gasteiger partial charge in [0.05, 0.1) is 0 Å². The molecule has 0 bridgehead atoms. The molecule has 0 atom stereocenters. The van der Waals surface area contributed by atoms with Crippen LogP contribution < -0.4 is 0 Å². The van der Waals surface area contributed by atoms with Crippen molar-refractivity contribution < 1.29 is 33.0 Å². The average molecular weight is 298 g/mol. The van der Waals surface area contributed by atoms with Gasteiger partial charge < -0.3 is 0 Å². The van der Waals surface area contributed by atoms with E-state index in [1.807, 2.05) is 30.7 Å². The largest absolute Gasteiger partial charge is 0 e. The predicted molar refractivity (Wildman–Crippen MR) is 34.3 cm³/mol. The molecule has 0 unspecified atom stereocenters. The van der Waals surface area contributed by atoms with Gasteiger partial charge in [0.25, 0.3) is 0 Å². The molecule has 0 N–H and O–H groups in total. The van der Waals surface area contributed by atoms with E-state index in [0.29, 0.717) is 0 Å². The normalized spacial score (nSPS) is 12.2. The van der Waals surface area contributed by atoms with Crippen molar-refractivity contribution in [1.29, 1.82) is 0 Å². The summed E-state index contributed by atoms with van der Waals surface area (Å²) in [6.45, 7) is 0. The van der Waals surface area contributed by atoms with E-state index in [4.69, 9.17) is 19.1 Å². The van der Waals surface area contributed by atoms with E-state index in [1.165, 1.54) is 0 Å². The maximum Gasteiger partial charge on any atom is 0 e. The molecule has 1 rings (SSSR count). The number of rotatable bonds is 0. The van der Waals surface area contributed by atoms with Crippen molar-refractivity contribution in [2.24, 2.45) is 0 Å². The third-order valence-corrected chi connectivity index (χ3v) is 0.556. The van der Waals surface area contributed by atoms with Crippen LogP contribution in [0.3, 0.4) is 0 Å². The van der Waals surface area contributed by atoms with E-state index in [9.17, 15) is 0 Å². The predicted octanol–water partition coefficient (Wildman–Crippen LogP) is 2.69. The summed E-state index contributed by atoms with van der Waals surface area (Å²) in [5.74, 6) is 0. The van der Waals surface area contributed by atoms with E-state index >= 15 is 0 Å². The van der Waals surface area contributed by atoms with Crippen molar-refractivity contribution in [3.8, 4) is 0 Å². The summed E-state index contributed by atoms with van der Waals surface area (Å²) in [6.07, 6.45) is 10.0. The number of halogens is 2. The zero-order valence-electron chi connectivity index (χ0n) is 4.31. The molecule has 0 aliphatic heterocycles. The van der Waals surface area contributed by atoms with Crippen molar-refractivity contribution in [3.05, 3.63) is 30.7 Å². The molecule has 0 fully saturated rings. The second-order valence-corrected chi connectivity index (χ2v) is 3.37. The smallest absolute Gasteiger partial charge is 0 e. The molecule has 1 aliphatic rings. The van der Waals surface area contributed by atoms with Crippen LogP contribution in [0.25, 0.3) is 0 Å². The minimum absolute atomic E-state index is 0. The van der Waals surface area contributed by atoms with Gasteiger partial charge in [-0.05, 0) is 0 Å². The molecular formula is C5H5Cl2FePd. The van der Waals surface area contributed by atoms with Crippen LogP contribution in [0.15, 0.2) is 24.3 Å². The quantitative estimate of drug-likeness (QED) is 0.603. The first kappa shape index (κ1) is 12.9. The van der Waals surface area contributed by atoms with Gasteiger partial charge in [-0.2, -0.15) is 0 Å². The summed E-state index contributed by atoms with van der Waals surface area (Å²) in [5.41, 5.74) is 0. The zero-order valence-corrected chi connectivity index (χ0v) is 8.48. The standard InChI is InChI=1S/C5H5.2ClH.Fe.Pd/c1-2-4-5-3-1;;;;/h1-5H;2*1H;;/q;;;;+2/p-2. The molecule has 0 aromatic heterocycles. The number of hydrogen-bond donors (Lipinski definition) is 0. The molecule has 9 heavy (non-hydrogen) atoms. The topological polar surface area (TPSA) is 0 Å². The minimum Gasteiger partial charge on any atom is 0 e. The van der Waals surface area contributed by atoms with E-state index in [-0.39, 0.29) is 33.0 Å². The molecule has 0 heterocycles. The Morgan fingerprint density at radius 1 is 0.889 bits per heavy atom. The van der Waals surface area contributed by atoms with Gasteiger partial charge in [0.2, 0.25) is 0 Å². The van der Waals surface area contributed by atoms with Crippen LogP contribution in [-0.2, 0) is 33.0 Å². The van der Waals surface area contributed by atoms with Crippen LogP contribution in [0.1, 0.15) is 0 Å². The van der Waals surface area contributed by atoms with Gasteiger partial charge in [0, 0.05) is 23.5 Å². The molecule has 0 amide bonds. The Balaban J connectivity index is 0. The summed E-state index contributed by atoms with van der Waals surface area (Å²) < 4.78 is 0. The van der Waals surface area contributed by atoms with Gasteiger partial charge in [0.1, 0.15) is 0 Å². The maximum absolute atomic E-state index is 4.81. The SMILES string of the molecule is [CH]1C=CC=C1.[Cl][Pd][Cl].[Fe]. The molecule has 4 heteroatoms. The monoisotopic (exact) mass is 297 g/mol. The Hall–Kier alpha value is 1.24. The Bertz CT molecular complexity index is 83.0. The summed E-state index contributed by atoms with van der Waals surface area (Å²) in [7, 11) is 9.63. The fourth-order valence-electron chi connectivity index (χ4n) is 0.321. The second-order valence-electron chi connectivity index (χ2n) is 1.01. The van der Waals surface area contributed by atoms with Crippen LogP contribution in [0.4, 0.5) is 0 Å². The van der Waals surface area contributed by atoms with Crippen LogP contribution in [-0.4, -0.2) is 0 Å². The Morgan fingerprint density at radius 3 is 1.33 bits per heavy atom. The van der Waals surface area contributed by atoms with Crippen LogP contribution >= 0.6 is 19.1 Å². The molecule has 1 aliphatic carbocycles. The van der Waals surface area contributed by atoms with Gasteiger partial charge in [-0.25, -0.2) is 0 Å². The first-order valence-corrected chi connectivity index (χ1v) is 5.91. The molecule has 0 aromatic rings. The molecule has 57 valence electrons. The summed E-state index contributed by atoms with van der Waals surface area (Å²) in [5, 5.41) is 0. The molecule has 0 saturated carbocycles. The van der Waals surface area contributed by atoms with E-state index in [1.54, 1.807) is 0 Å². The van der Waals surface area contributed by atoms with Gasteiger partial charge in [0.15, 0.2) is 0 Å². The van der Waals surface area contributed by atoms with Crippen molar-refractivity contribution in [3.63, 3.8) is 0 Å². The Kier molecular flexibility index (Phi) is 17.1. The third kappa shape index (κ3) is 12.4. The molecule has 0 spiro atoms. The number of hydrogen-bond acceptors (Lipinski definition) is 0. The van der Waals surface area contributed by atoms with Gasteiger partial charge in [-0.15, -0.1) is 0 Å².